The van der Waals surface area contributed by atoms with Crippen LogP contribution in [0.4, 0.5) is 10.2 Å². The summed E-state index contributed by atoms with van der Waals surface area (Å²) >= 11 is 3.14. The highest BCUT2D eigenvalue weighted by atomic mass is 79.9. The highest BCUT2D eigenvalue weighted by Gasteiger charge is 2.19. The van der Waals surface area contributed by atoms with Crippen LogP contribution in [-0.2, 0) is 0 Å². The second kappa shape index (κ2) is 4.90. The van der Waals surface area contributed by atoms with Gasteiger partial charge in [-0.1, -0.05) is 0 Å². The Morgan fingerprint density at radius 2 is 2.27 bits per heavy atom. The van der Waals surface area contributed by atoms with Gasteiger partial charge in [0.2, 0.25) is 0 Å². The quantitative estimate of drug-likeness (QED) is 0.889. The third kappa shape index (κ3) is 3.76. The van der Waals surface area contributed by atoms with Gasteiger partial charge in [0.05, 0.1) is 0 Å². The SMILES string of the molecule is CC(C)(CCO)Nc1ncc(Br)cc1F. The number of anilines is 1. The van der Waals surface area contributed by atoms with Crippen LogP contribution in [0.1, 0.15) is 20.3 Å². The first-order valence-corrected chi connectivity index (χ1v) is 5.44. The van der Waals surface area contributed by atoms with E-state index >= 15 is 0 Å². The van der Waals surface area contributed by atoms with E-state index in [1.165, 1.54) is 12.3 Å². The lowest BCUT2D eigenvalue weighted by Gasteiger charge is -2.26. The van der Waals surface area contributed by atoms with Crippen molar-refractivity contribution in [1.82, 2.24) is 4.98 Å². The number of pyridine rings is 1. The van der Waals surface area contributed by atoms with Crippen molar-refractivity contribution in [2.45, 2.75) is 25.8 Å². The van der Waals surface area contributed by atoms with Gasteiger partial charge in [0.1, 0.15) is 0 Å². The van der Waals surface area contributed by atoms with Crippen molar-refractivity contribution in [3.63, 3.8) is 0 Å². The first kappa shape index (κ1) is 12.4. The second-order valence-electron chi connectivity index (χ2n) is 3.97. The topological polar surface area (TPSA) is 45.1 Å². The van der Waals surface area contributed by atoms with E-state index in [4.69, 9.17) is 5.11 Å². The molecule has 0 aliphatic heterocycles. The highest BCUT2D eigenvalue weighted by molar-refractivity contribution is 9.10. The van der Waals surface area contributed by atoms with Crippen molar-refractivity contribution in [3.8, 4) is 0 Å². The van der Waals surface area contributed by atoms with Crippen LogP contribution in [0.3, 0.4) is 0 Å². The molecule has 0 saturated carbocycles. The summed E-state index contributed by atoms with van der Waals surface area (Å²) in [6, 6.07) is 1.35. The number of aliphatic hydroxyl groups excluding tert-OH is 1. The third-order valence-electron chi connectivity index (χ3n) is 2.00. The van der Waals surface area contributed by atoms with Gasteiger partial charge in [-0.15, -0.1) is 0 Å². The van der Waals surface area contributed by atoms with Crippen LogP contribution in [0.25, 0.3) is 0 Å². The lowest BCUT2D eigenvalue weighted by Crippen LogP contribution is -2.32. The minimum atomic E-state index is -0.407. The van der Waals surface area contributed by atoms with Gasteiger partial charge < -0.3 is 10.4 Å². The zero-order chi connectivity index (χ0) is 11.5. The van der Waals surface area contributed by atoms with Crippen molar-refractivity contribution < 1.29 is 9.50 Å². The van der Waals surface area contributed by atoms with Crippen LogP contribution in [-0.4, -0.2) is 22.2 Å². The van der Waals surface area contributed by atoms with E-state index in [-0.39, 0.29) is 18.0 Å². The molecule has 3 nitrogen and oxygen atoms in total. The van der Waals surface area contributed by atoms with Crippen molar-refractivity contribution in [2.75, 3.05) is 11.9 Å². The third-order valence-corrected chi connectivity index (χ3v) is 2.44. The van der Waals surface area contributed by atoms with E-state index in [0.717, 1.165) is 0 Å². The molecule has 0 aliphatic carbocycles. The van der Waals surface area contributed by atoms with Gasteiger partial charge in [0, 0.05) is 22.8 Å². The van der Waals surface area contributed by atoms with Gasteiger partial charge in [0.15, 0.2) is 11.6 Å². The van der Waals surface area contributed by atoms with Crippen LogP contribution < -0.4 is 5.32 Å². The minimum Gasteiger partial charge on any atom is -0.396 e. The average Bonchev–Trinajstić information content (AvgIpc) is 2.09. The minimum absolute atomic E-state index is 0.0537. The van der Waals surface area contributed by atoms with E-state index in [0.29, 0.717) is 10.9 Å². The molecule has 0 spiro atoms. The largest absolute Gasteiger partial charge is 0.396 e. The molecule has 0 saturated heterocycles. The van der Waals surface area contributed by atoms with E-state index in [2.05, 4.69) is 26.2 Å². The molecule has 84 valence electrons. The molecule has 0 unspecified atom stereocenters. The lowest BCUT2D eigenvalue weighted by atomic mass is 10.0. The van der Waals surface area contributed by atoms with Crippen molar-refractivity contribution in [3.05, 3.63) is 22.6 Å². The van der Waals surface area contributed by atoms with Gasteiger partial charge >= 0.3 is 0 Å². The molecule has 2 N–H and O–H groups in total. The number of halogens is 2. The molecule has 15 heavy (non-hydrogen) atoms. The van der Waals surface area contributed by atoms with Crippen LogP contribution in [0.5, 0.6) is 0 Å². The van der Waals surface area contributed by atoms with Gasteiger partial charge in [0.25, 0.3) is 0 Å². The van der Waals surface area contributed by atoms with Gasteiger partial charge in [-0.2, -0.15) is 0 Å². The molecule has 1 heterocycles. The van der Waals surface area contributed by atoms with Crippen LogP contribution in [0, 0.1) is 5.82 Å². The van der Waals surface area contributed by atoms with Crippen molar-refractivity contribution in [1.29, 1.82) is 0 Å². The average molecular weight is 277 g/mol. The summed E-state index contributed by atoms with van der Waals surface area (Å²) in [4.78, 5) is 3.93. The Bertz CT molecular complexity index is 344. The molecule has 0 amide bonds. The Morgan fingerprint density at radius 1 is 1.60 bits per heavy atom. The maximum absolute atomic E-state index is 13.4. The zero-order valence-electron chi connectivity index (χ0n) is 8.72. The molecule has 1 aromatic heterocycles. The number of hydrogen-bond donors (Lipinski definition) is 2. The van der Waals surface area contributed by atoms with Gasteiger partial charge in [-0.3, -0.25) is 0 Å². The van der Waals surface area contributed by atoms with Gasteiger partial charge in [-0.05, 0) is 42.3 Å². The fourth-order valence-corrected chi connectivity index (χ4v) is 1.47. The lowest BCUT2D eigenvalue weighted by molar-refractivity contribution is 0.260. The molecule has 5 heteroatoms. The molecule has 0 radical (unpaired) electrons. The van der Waals surface area contributed by atoms with E-state index in [1.54, 1.807) is 0 Å². The monoisotopic (exact) mass is 276 g/mol. The molecule has 0 fully saturated rings. The highest BCUT2D eigenvalue weighted by Crippen LogP contribution is 2.21. The number of nitrogens with one attached hydrogen (secondary N) is 1. The molecule has 0 bridgehead atoms. The second-order valence-corrected chi connectivity index (χ2v) is 4.88. The number of aliphatic hydroxyl groups is 1. The summed E-state index contributed by atoms with van der Waals surface area (Å²) in [6.07, 6.45) is 2.06. The normalized spacial score (nSPS) is 11.5. The number of rotatable bonds is 4. The van der Waals surface area contributed by atoms with E-state index < -0.39 is 5.82 Å². The molecule has 0 aromatic carbocycles. The Labute approximate surface area is 96.9 Å². The predicted octanol–water partition coefficient (Wildman–Crippen LogP) is 2.56. The Morgan fingerprint density at radius 3 is 2.80 bits per heavy atom. The van der Waals surface area contributed by atoms with Crippen LogP contribution in [0.2, 0.25) is 0 Å². The number of nitrogens with zero attached hydrogens (tertiary/aromatic N) is 1. The molecule has 0 aliphatic rings. The Kier molecular flexibility index (Phi) is 4.04. The maximum Gasteiger partial charge on any atom is 0.166 e. The summed E-state index contributed by atoms with van der Waals surface area (Å²) in [5, 5.41) is 11.8. The van der Waals surface area contributed by atoms with Crippen molar-refractivity contribution in [2.24, 2.45) is 0 Å². The molecule has 1 aromatic rings. The maximum atomic E-state index is 13.4. The zero-order valence-corrected chi connectivity index (χ0v) is 10.3. The Balaban J connectivity index is 2.80. The Hall–Kier alpha value is -0.680. The predicted molar refractivity (Wildman–Crippen MR) is 61.3 cm³/mol. The fraction of sp³-hybridized carbons (Fsp3) is 0.500. The number of aromatic nitrogens is 1. The molecular formula is C10H14BrFN2O. The van der Waals surface area contributed by atoms with Crippen molar-refractivity contribution >= 4 is 21.7 Å². The van der Waals surface area contributed by atoms with Crippen LogP contribution in [0.15, 0.2) is 16.7 Å². The summed E-state index contributed by atoms with van der Waals surface area (Å²) in [7, 11) is 0. The van der Waals surface area contributed by atoms with Crippen LogP contribution >= 0.6 is 15.9 Å². The van der Waals surface area contributed by atoms with E-state index in [9.17, 15) is 4.39 Å². The smallest absolute Gasteiger partial charge is 0.166 e. The molecule has 0 atom stereocenters. The molecular weight excluding hydrogens is 263 g/mol. The first-order valence-electron chi connectivity index (χ1n) is 4.65. The van der Waals surface area contributed by atoms with E-state index in [1.807, 2.05) is 13.8 Å². The fourth-order valence-electron chi connectivity index (χ4n) is 1.17. The summed E-state index contributed by atoms with van der Waals surface area (Å²) in [5.74, 6) is -0.202. The summed E-state index contributed by atoms with van der Waals surface area (Å²) < 4.78 is 14.0. The number of hydrogen-bond acceptors (Lipinski definition) is 3. The first-order chi connectivity index (χ1) is 6.94. The summed E-state index contributed by atoms with van der Waals surface area (Å²) in [6.45, 7) is 3.82. The summed E-state index contributed by atoms with van der Waals surface area (Å²) in [5.41, 5.74) is -0.379. The van der Waals surface area contributed by atoms with Gasteiger partial charge in [-0.25, -0.2) is 9.37 Å². The standard InChI is InChI=1S/C10H14BrFN2O/c1-10(2,3-4-15)14-9-8(12)5-7(11)6-13-9/h5-6,15H,3-4H2,1-2H3,(H,13,14). The molecule has 1 rings (SSSR count).